The molecule has 1 heterocycles. The maximum absolute atomic E-state index is 12.9. The Labute approximate surface area is 99.0 Å². The first-order chi connectivity index (χ1) is 7.63. The van der Waals surface area contributed by atoms with E-state index in [1.54, 1.807) is 12.3 Å². The molecule has 0 atom stereocenters. The number of hydrogen-bond acceptors (Lipinski definition) is 2. The standard InChI is InChI=1S/C11H6BrF2NO/c12-7-1-11(6-15-5-7)16-10-3-8(13)2-9(14)4-10/h1-6H. The summed E-state index contributed by atoms with van der Waals surface area (Å²) >= 11 is 3.21. The molecular weight excluding hydrogens is 280 g/mol. The molecule has 0 radical (unpaired) electrons. The van der Waals surface area contributed by atoms with Gasteiger partial charge in [-0.05, 0) is 22.0 Å². The molecule has 0 unspecified atom stereocenters. The van der Waals surface area contributed by atoms with E-state index in [9.17, 15) is 8.78 Å². The number of ether oxygens (including phenoxy) is 1. The number of rotatable bonds is 2. The molecule has 82 valence electrons. The van der Waals surface area contributed by atoms with E-state index in [-0.39, 0.29) is 5.75 Å². The molecule has 0 aliphatic rings. The normalized spacial score (nSPS) is 10.2. The van der Waals surface area contributed by atoms with Crippen molar-refractivity contribution in [3.8, 4) is 11.5 Å². The van der Waals surface area contributed by atoms with Gasteiger partial charge in [-0.1, -0.05) is 0 Å². The summed E-state index contributed by atoms with van der Waals surface area (Å²) in [6.07, 6.45) is 3.03. The highest BCUT2D eigenvalue weighted by Crippen LogP contribution is 2.24. The maximum Gasteiger partial charge on any atom is 0.146 e. The number of pyridine rings is 1. The molecule has 16 heavy (non-hydrogen) atoms. The van der Waals surface area contributed by atoms with Crippen LogP contribution in [0.25, 0.3) is 0 Å². The molecule has 0 saturated carbocycles. The third-order valence-electron chi connectivity index (χ3n) is 1.75. The summed E-state index contributed by atoms with van der Waals surface area (Å²) < 4.78 is 31.7. The Hall–Kier alpha value is -1.49. The summed E-state index contributed by atoms with van der Waals surface area (Å²) in [5.74, 6) is -0.868. The van der Waals surface area contributed by atoms with E-state index < -0.39 is 11.6 Å². The van der Waals surface area contributed by atoms with Crippen molar-refractivity contribution >= 4 is 15.9 Å². The first kappa shape index (κ1) is 11.0. The average molecular weight is 286 g/mol. The average Bonchev–Trinajstić information content (AvgIpc) is 2.15. The first-order valence-electron chi connectivity index (χ1n) is 4.38. The number of halogens is 3. The molecule has 2 aromatic rings. The fourth-order valence-electron chi connectivity index (χ4n) is 1.17. The van der Waals surface area contributed by atoms with Gasteiger partial charge in [-0.3, -0.25) is 4.98 Å². The van der Waals surface area contributed by atoms with E-state index in [0.717, 1.165) is 22.7 Å². The molecule has 0 aliphatic carbocycles. The zero-order valence-corrected chi connectivity index (χ0v) is 9.54. The molecule has 0 N–H and O–H groups in total. The summed E-state index contributed by atoms with van der Waals surface area (Å²) in [5.41, 5.74) is 0. The monoisotopic (exact) mass is 285 g/mol. The third kappa shape index (κ3) is 2.76. The van der Waals surface area contributed by atoms with Gasteiger partial charge >= 0.3 is 0 Å². The van der Waals surface area contributed by atoms with Gasteiger partial charge in [-0.25, -0.2) is 8.78 Å². The van der Waals surface area contributed by atoms with Crippen molar-refractivity contribution in [3.63, 3.8) is 0 Å². The molecule has 0 aliphatic heterocycles. The van der Waals surface area contributed by atoms with Gasteiger partial charge in [0, 0.05) is 28.9 Å². The molecule has 2 nitrogen and oxygen atoms in total. The van der Waals surface area contributed by atoms with E-state index in [1.807, 2.05) is 0 Å². The zero-order chi connectivity index (χ0) is 11.5. The van der Waals surface area contributed by atoms with Crippen LogP contribution in [0.4, 0.5) is 8.78 Å². The van der Waals surface area contributed by atoms with Crippen LogP contribution < -0.4 is 4.74 Å². The SMILES string of the molecule is Fc1cc(F)cc(Oc2cncc(Br)c2)c1. The van der Waals surface area contributed by atoms with Crippen molar-refractivity contribution in [2.45, 2.75) is 0 Å². The third-order valence-corrected chi connectivity index (χ3v) is 2.19. The van der Waals surface area contributed by atoms with E-state index in [4.69, 9.17) is 4.74 Å². The lowest BCUT2D eigenvalue weighted by atomic mass is 10.3. The maximum atomic E-state index is 12.9. The quantitative estimate of drug-likeness (QED) is 0.835. The molecule has 0 fully saturated rings. The van der Waals surface area contributed by atoms with Gasteiger partial charge in [-0.2, -0.15) is 0 Å². The summed E-state index contributed by atoms with van der Waals surface area (Å²) in [6.45, 7) is 0. The van der Waals surface area contributed by atoms with Crippen molar-refractivity contribution in [2.75, 3.05) is 0 Å². The van der Waals surface area contributed by atoms with E-state index in [1.165, 1.54) is 6.20 Å². The highest BCUT2D eigenvalue weighted by atomic mass is 79.9. The Kier molecular flexibility index (Phi) is 3.14. The van der Waals surface area contributed by atoms with Crippen LogP contribution in [0.1, 0.15) is 0 Å². The van der Waals surface area contributed by atoms with Gasteiger partial charge in [0.05, 0.1) is 6.20 Å². The molecule has 0 bridgehead atoms. The number of nitrogens with zero attached hydrogens (tertiary/aromatic N) is 1. The summed E-state index contributed by atoms with van der Waals surface area (Å²) in [6, 6.07) is 4.63. The second-order valence-electron chi connectivity index (χ2n) is 3.05. The predicted molar refractivity (Wildman–Crippen MR) is 58.4 cm³/mol. The molecule has 0 amide bonds. The van der Waals surface area contributed by atoms with Crippen molar-refractivity contribution in [3.05, 3.63) is 52.8 Å². The van der Waals surface area contributed by atoms with Crippen LogP contribution in [-0.2, 0) is 0 Å². The van der Waals surface area contributed by atoms with Crippen LogP contribution in [0.5, 0.6) is 11.5 Å². The molecular formula is C11H6BrF2NO. The molecule has 0 saturated heterocycles. The topological polar surface area (TPSA) is 22.1 Å². The van der Waals surface area contributed by atoms with Gasteiger partial charge in [0.25, 0.3) is 0 Å². The fraction of sp³-hybridized carbons (Fsp3) is 0. The lowest BCUT2D eigenvalue weighted by Gasteiger charge is -2.05. The van der Waals surface area contributed by atoms with Crippen LogP contribution in [0.3, 0.4) is 0 Å². The Balaban J connectivity index is 2.27. The van der Waals surface area contributed by atoms with E-state index in [2.05, 4.69) is 20.9 Å². The Morgan fingerprint density at radius 3 is 2.25 bits per heavy atom. The summed E-state index contributed by atoms with van der Waals surface area (Å²) in [5, 5.41) is 0. The van der Waals surface area contributed by atoms with Gasteiger partial charge < -0.3 is 4.74 Å². The fourth-order valence-corrected chi connectivity index (χ4v) is 1.52. The highest BCUT2D eigenvalue weighted by molar-refractivity contribution is 9.10. The molecule has 0 spiro atoms. The number of aromatic nitrogens is 1. The van der Waals surface area contributed by atoms with Crippen molar-refractivity contribution in [1.82, 2.24) is 4.98 Å². The molecule has 5 heteroatoms. The lowest BCUT2D eigenvalue weighted by Crippen LogP contribution is -1.88. The Morgan fingerprint density at radius 1 is 0.938 bits per heavy atom. The van der Waals surface area contributed by atoms with Crippen LogP contribution in [0.2, 0.25) is 0 Å². The summed E-state index contributed by atoms with van der Waals surface area (Å²) in [4.78, 5) is 3.87. The van der Waals surface area contributed by atoms with Crippen molar-refractivity contribution in [2.24, 2.45) is 0 Å². The zero-order valence-electron chi connectivity index (χ0n) is 7.95. The van der Waals surface area contributed by atoms with Gasteiger partial charge in [-0.15, -0.1) is 0 Å². The Bertz CT molecular complexity index is 499. The minimum Gasteiger partial charge on any atom is -0.455 e. The highest BCUT2D eigenvalue weighted by Gasteiger charge is 2.03. The number of benzene rings is 1. The first-order valence-corrected chi connectivity index (χ1v) is 5.17. The van der Waals surface area contributed by atoms with Crippen molar-refractivity contribution < 1.29 is 13.5 Å². The van der Waals surface area contributed by atoms with E-state index >= 15 is 0 Å². The lowest BCUT2D eigenvalue weighted by molar-refractivity contribution is 0.466. The summed E-state index contributed by atoms with van der Waals surface area (Å²) in [7, 11) is 0. The van der Waals surface area contributed by atoms with Gasteiger partial charge in [0.1, 0.15) is 23.1 Å². The number of hydrogen-bond donors (Lipinski definition) is 0. The van der Waals surface area contributed by atoms with Crippen LogP contribution >= 0.6 is 15.9 Å². The molecule has 1 aromatic heterocycles. The molecule has 2 rings (SSSR count). The largest absolute Gasteiger partial charge is 0.455 e. The smallest absolute Gasteiger partial charge is 0.146 e. The second-order valence-corrected chi connectivity index (χ2v) is 3.96. The predicted octanol–water partition coefficient (Wildman–Crippen LogP) is 3.91. The van der Waals surface area contributed by atoms with Crippen LogP contribution in [0.15, 0.2) is 41.1 Å². The van der Waals surface area contributed by atoms with Crippen LogP contribution in [0, 0.1) is 11.6 Å². The molecule has 1 aromatic carbocycles. The van der Waals surface area contributed by atoms with Crippen LogP contribution in [-0.4, -0.2) is 4.98 Å². The van der Waals surface area contributed by atoms with Crippen molar-refractivity contribution in [1.29, 1.82) is 0 Å². The Morgan fingerprint density at radius 2 is 1.62 bits per heavy atom. The minimum absolute atomic E-state index is 0.0948. The van der Waals surface area contributed by atoms with Gasteiger partial charge in [0.15, 0.2) is 0 Å². The van der Waals surface area contributed by atoms with Gasteiger partial charge in [0.2, 0.25) is 0 Å². The minimum atomic E-state index is -0.682. The van der Waals surface area contributed by atoms with E-state index in [0.29, 0.717) is 5.75 Å². The second kappa shape index (κ2) is 4.57.